The number of nitrogens with one attached hydrogen (secondary N) is 1. The summed E-state index contributed by atoms with van der Waals surface area (Å²) in [5, 5.41) is 3.61. The summed E-state index contributed by atoms with van der Waals surface area (Å²) in [5.41, 5.74) is 2.47. The van der Waals surface area contributed by atoms with Gasteiger partial charge in [-0.1, -0.05) is 6.07 Å². The smallest absolute Gasteiger partial charge is 0.0590 e. The highest BCUT2D eigenvalue weighted by molar-refractivity contribution is 9.10. The highest BCUT2D eigenvalue weighted by Gasteiger charge is 2.21. The lowest BCUT2D eigenvalue weighted by Crippen LogP contribution is -2.31. The fraction of sp³-hybridized carbons (Fsp3) is 0.571. The minimum absolute atomic E-state index is 0.422. The first-order valence-corrected chi connectivity index (χ1v) is 7.04. The van der Waals surface area contributed by atoms with Gasteiger partial charge < -0.3 is 10.1 Å². The third kappa shape index (κ3) is 3.46. The van der Waals surface area contributed by atoms with Crippen molar-refractivity contribution in [3.05, 3.63) is 28.2 Å². The van der Waals surface area contributed by atoms with Crippen molar-refractivity contribution in [1.29, 1.82) is 0 Å². The number of halogens is 1. The Balaban J connectivity index is 2.00. The van der Waals surface area contributed by atoms with E-state index in [9.17, 15) is 0 Å². The molecule has 0 saturated heterocycles. The zero-order valence-electron chi connectivity index (χ0n) is 10.5. The number of hydrogen-bond acceptors (Lipinski definition) is 2. The molecule has 94 valence electrons. The molecule has 17 heavy (non-hydrogen) atoms. The van der Waals surface area contributed by atoms with Crippen LogP contribution in [0.5, 0.6) is 0 Å². The predicted molar refractivity (Wildman–Crippen MR) is 75.6 cm³/mol. The van der Waals surface area contributed by atoms with Crippen molar-refractivity contribution >= 4 is 21.6 Å². The topological polar surface area (TPSA) is 21.3 Å². The van der Waals surface area contributed by atoms with E-state index in [1.165, 1.54) is 30.5 Å². The molecule has 1 N–H and O–H groups in total. The minimum Gasteiger partial charge on any atom is -0.381 e. The van der Waals surface area contributed by atoms with Crippen molar-refractivity contribution in [1.82, 2.24) is 0 Å². The third-order valence-corrected chi connectivity index (χ3v) is 4.10. The zero-order chi connectivity index (χ0) is 12.3. The number of methoxy groups -OCH3 is 1. The molecule has 0 spiro atoms. The van der Waals surface area contributed by atoms with Gasteiger partial charge in [-0.15, -0.1) is 0 Å². The molecule has 1 aromatic carbocycles. The Morgan fingerprint density at radius 3 is 2.88 bits per heavy atom. The molecule has 0 bridgehead atoms. The second kappa shape index (κ2) is 5.87. The van der Waals surface area contributed by atoms with Gasteiger partial charge >= 0.3 is 0 Å². The van der Waals surface area contributed by atoms with E-state index in [0.717, 1.165) is 10.9 Å². The first kappa shape index (κ1) is 12.9. The Kier molecular flexibility index (Phi) is 4.46. The second-order valence-electron chi connectivity index (χ2n) is 4.85. The molecule has 2 unspecified atom stereocenters. The number of benzene rings is 1. The van der Waals surface area contributed by atoms with E-state index in [1.807, 2.05) is 7.11 Å². The van der Waals surface area contributed by atoms with Crippen LogP contribution in [0.3, 0.4) is 0 Å². The van der Waals surface area contributed by atoms with Gasteiger partial charge in [-0.3, -0.25) is 0 Å². The van der Waals surface area contributed by atoms with Crippen LogP contribution >= 0.6 is 15.9 Å². The molecule has 2 rings (SSSR count). The van der Waals surface area contributed by atoms with E-state index in [0.29, 0.717) is 12.1 Å². The maximum atomic E-state index is 5.46. The molecule has 1 aliphatic carbocycles. The first-order chi connectivity index (χ1) is 8.19. The maximum Gasteiger partial charge on any atom is 0.0590 e. The maximum absolute atomic E-state index is 5.46. The van der Waals surface area contributed by atoms with Crippen LogP contribution in [-0.4, -0.2) is 19.3 Å². The Morgan fingerprint density at radius 2 is 2.18 bits per heavy atom. The number of anilines is 1. The molecule has 2 atom stereocenters. The summed E-state index contributed by atoms with van der Waals surface area (Å²) in [6, 6.07) is 6.98. The summed E-state index contributed by atoms with van der Waals surface area (Å²) >= 11 is 3.61. The molecular formula is C14H20BrNO. The number of rotatable bonds is 3. The Bertz CT molecular complexity index is 380. The van der Waals surface area contributed by atoms with E-state index >= 15 is 0 Å². The van der Waals surface area contributed by atoms with E-state index in [2.05, 4.69) is 46.4 Å². The summed E-state index contributed by atoms with van der Waals surface area (Å²) < 4.78 is 6.61. The molecule has 1 saturated carbocycles. The fourth-order valence-electron chi connectivity index (χ4n) is 2.45. The Morgan fingerprint density at radius 1 is 1.35 bits per heavy atom. The number of aryl methyl sites for hydroxylation is 1. The number of hydrogen-bond donors (Lipinski definition) is 1. The average Bonchev–Trinajstić information content (AvgIpc) is 2.33. The van der Waals surface area contributed by atoms with Crippen molar-refractivity contribution in [2.75, 3.05) is 12.4 Å². The van der Waals surface area contributed by atoms with Gasteiger partial charge in [0.05, 0.1) is 6.10 Å². The van der Waals surface area contributed by atoms with Gasteiger partial charge in [0.2, 0.25) is 0 Å². The Labute approximate surface area is 112 Å². The lowest BCUT2D eigenvalue weighted by Gasteiger charge is -2.29. The first-order valence-electron chi connectivity index (χ1n) is 6.24. The van der Waals surface area contributed by atoms with E-state index in [-0.39, 0.29) is 0 Å². The van der Waals surface area contributed by atoms with Gasteiger partial charge in [0.1, 0.15) is 0 Å². The average molecular weight is 298 g/mol. The van der Waals surface area contributed by atoms with Crippen molar-refractivity contribution < 1.29 is 4.74 Å². The lowest BCUT2D eigenvalue weighted by atomic mass is 9.92. The van der Waals surface area contributed by atoms with E-state index in [4.69, 9.17) is 4.74 Å². The van der Waals surface area contributed by atoms with Crippen molar-refractivity contribution in [3.8, 4) is 0 Å². The third-order valence-electron chi connectivity index (χ3n) is 3.44. The van der Waals surface area contributed by atoms with Gasteiger partial charge in [0.15, 0.2) is 0 Å². The fourth-order valence-corrected chi connectivity index (χ4v) is 3.05. The highest BCUT2D eigenvalue weighted by atomic mass is 79.9. The molecule has 0 amide bonds. The SMILES string of the molecule is COC1CCCC(Nc2ccc(C)cc2Br)C1. The van der Waals surface area contributed by atoms with Crippen LogP contribution in [0.2, 0.25) is 0 Å². The second-order valence-corrected chi connectivity index (χ2v) is 5.70. The normalized spacial score (nSPS) is 24.6. The number of ether oxygens (including phenoxy) is 1. The van der Waals surface area contributed by atoms with E-state index in [1.54, 1.807) is 0 Å². The van der Waals surface area contributed by atoms with Crippen molar-refractivity contribution in [2.45, 2.75) is 44.8 Å². The quantitative estimate of drug-likeness (QED) is 0.906. The molecule has 1 aromatic rings. The minimum atomic E-state index is 0.422. The van der Waals surface area contributed by atoms with Crippen molar-refractivity contribution in [3.63, 3.8) is 0 Å². The molecule has 0 heterocycles. The predicted octanol–water partition coefficient (Wildman–Crippen LogP) is 4.13. The van der Waals surface area contributed by atoms with Gasteiger partial charge in [-0.25, -0.2) is 0 Å². The Hall–Kier alpha value is -0.540. The van der Waals surface area contributed by atoms with Gasteiger partial charge in [-0.05, 0) is 66.2 Å². The van der Waals surface area contributed by atoms with E-state index < -0.39 is 0 Å². The monoisotopic (exact) mass is 297 g/mol. The van der Waals surface area contributed by atoms with Crippen LogP contribution in [0.15, 0.2) is 22.7 Å². The van der Waals surface area contributed by atoms with Gasteiger partial charge in [0.25, 0.3) is 0 Å². The van der Waals surface area contributed by atoms with Crippen LogP contribution in [-0.2, 0) is 4.74 Å². The lowest BCUT2D eigenvalue weighted by molar-refractivity contribution is 0.0669. The van der Waals surface area contributed by atoms with Crippen LogP contribution in [0.25, 0.3) is 0 Å². The summed E-state index contributed by atoms with van der Waals surface area (Å²) in [6.07, 6.45) is 5.21. The molecule has 1 fully saturated rings. The summed E-state index contributed by atoms with van der Waals surface area (Å²) in [5.74, 6) is 0. The largest absolute Gasteiger partial charge is 0.381 e. The molecule has 0 aliphatic heterocycles. The summed E-state index contributed by atoms with van der Waals surface area (Å²) in [6.45, 7) is 2.11. The van der Waals surface area contributed by atoms with Crippen LogP contribution < -0.4 is 5.32 Å². The molecule has 3 heteroatoms. The van der Waals surface area contributed by atoms with Gasteiger partial charge in [-0.2, -0.15) is 0 Å². The van der Waals surface area contributed by atoms with Gasteiger partial charge in [0, 0.05) is 23.3 Å². The highest BCUT2D eigenvalue weighted by Crippen LogP contribution is 2.28. The molecular weight excluding hydrogens is 278 g/mol. The standard InChI is InChI=1S/C14H20BrNO/c1-10-6-7-14(13(15)8-10)16-11-4-3-5-12(9-11)17-2/h6-8,11-12,16H,3-5,9H2,1-2H3. The molecule has 0 radical (unpaired) electrons. The van der Waals surface area contributed by atoms with Crippen LogP contribution in [0, 0.1) is 6.92 Å². The van der Waals surface area contributed by atoms with Crippen LogP contribution in [0.1, 0.15) is 31.2 Å². The molecule has 2 nitrogen and oxygen atoms in total. The molecule has 0 aromatic heterocycles. The van der Waals surface area contributed by atoms with Crippen molar-refractivity contribution in [2.24, 2.45) is 0 Å². The zero-order valence-corrected chi connectivity index (χ0v) is 12.1. The summed E-state index contributed by atoms with van der Waals surface area (Å²) in [7, 11) is 1.81. The summed E-state index contributed by atoms with van der Waals surface area (Å²) in [4.78, 5) is 0. The van der Waals surface area contributed by atoms with Crippen LogP contribution in [0.4, 0.5) is 5.69 Å². The molecule has 1 aliphatic rings.